The van der Waals surface area contributed by atoms with Crippen molar-refractivity contribution >= 4 is 23.2 Å². The minimum Gasteiger partial charge on any atom is -0.271 e. The molecule has 2 nitrogen and oxygen atoms in total. The van der Waals surface area contributed by atoms with Gasteiger partial charge in [-0.05, 0) is 67.1 Å². The molecule has 2 aromatic rings. The third kappa shape index (κ3) is 3.78. The molecule has 3 N–H and O–H groups in total. The quantitative estimate of drug-likeness (QED) is 0.634. The zero-order chi connectivity index (χ0) is 15.6. The van der Waals surface area contributed by atoms with Gasteiger partial charge in [0.1, 0.15) is 0 Å². The molecular weight excluding hydrogens is 303 g/mol. The molecule has 0 fully saturated rings. The molecule has 0 amide bonds. The fourth-order valence-electron chi connectivity index (χ4n) is 2.52. The van der Waals surface area contributed by atoms with E-state index in [2.05, 4.69) is 38.3 Å². The number of rotatable bonds is 4. The molecular formula is C17H20Cl2N2. The van der Waals surface area contributed by atoms with Crippen molar-refractivity contribution in [3.05, 3.63) is 68.2 Å². The van der Waals surface area contributed by atoms with E-state index in [0.717, 1.165) is 12.0 Å². The zero-order valence-corrected chi connectivity index (χ0v) is 14.0. The van der Waals surface area contributed by atoms with E-state index in [1.807, 2.05) is 12.1 Å². The Morgan fingerprint density at radius 3 is 2.29 bits per heavy atom. The summed E-state index contributed by atoms with van der Waals surface area (Å²) in [4.78, 5) is 0. The van der Waals surface area contributed by atoms with E-state index in [9.17, 15) is 0 Å². The number of halogens is 2. The summed E-state index contributed by atoms with van der Waals surface area (Å²) in [5.41, 5.74) is 8.91. The van der Waals surface area contributed by atoms with Crippen LogP contribution in [0.2, 0.25) is 10.0 Å². The highest BCUT2D eigenvalue weighted by Crippen LogP contribution is 2.28. The van der Waals surface area contributed by atoms with Crippen molar-refractivity contribution in [1.29, 1.82) is 0 Å². The van der Waals surface area contributed by atoms with Gasteiger partial charge in [-0.25, -0.2) is 0 Å². The number of hydrogen-bond acceptors (Lipinski definition) is 2. The Balaban J connectivity index is 2.34. The lowest BCUT2D eigenvalue weighted by atomic mass is 9.92. The molecule has 1 unspecified atom stereocenters. The number of nitrogens with one attached hydrogen (secondary N) is 1. The highest BCUT2D eigenvalue weighted by atomic mass is 35.5. The number of nitrogens with two attached hydrogens (primary N) is 1. The molecule has 2 rings (SSSR count). The molecule has 0 aliphatic heterocycles. The van der Waals surface area contributed by atoms with Gasteiger partial charge in [0.2, 0.25) is 0 Å². The summed E-state index contributed by atoms with van der Waals surface area (Å²) < 4.78 is 0. The maximum absolute atomic E-state index is 6.26. The molecule has 0 aliphatic carbocycles. The van der Waals surface area contributed by atoms with Crippen molar-refractivity contribution in [1.82, 2.24) is 5.43 Å². The van der Waals surface area contributed by atoms with Gasteiger partial charge in [0, 0.05) is 10.0 Å². The van der Waals surface area contributed by atoms with Gasteiger partial charge in [0.05, 0.1) is 6.04 Å². The van der Waals surface area contributed by atoms with Gasteiger partial charge in [-0.2, -0.15) is 0 Å². The topological polar surface area (TPSA) is 38.0 Å². The fourth-order valence-corrected chi connectivity index (χ4v) is 3.01. The fraction of sp³-hybridized carbons (Fsp3) is 0.294. The molecule has 0 aliphatic rings. The van der Waals surface area contributed by atoms with E-state index in [-0.39, 0.29) is 6.04 Å². The second kappa shape index (κ2) is 6.80. The molecule has 4 heteroatoms. The lowest BCUT2D eigenvalue weighted by Gasteiger charge is -2.21. The predicted octanol–water partition coefficient (Wildman–Crippen LogP) is 4.67. The molecule has 0 bridgehead atoms. The number of benzene rings is 2. The van der Waals surface area contributed by atoms with E-state index in [0.29, 0.717) is 10.0 Å². The SMILES string of the molecule is Cc1cc(C)c(C(Cc2ccc(Cl)cc2Cl)NN)cc1C. The lowest BCUT2D eigenvalue weighted by molar-refractivity contribution is 0.549. The first-order valence-corrected chi connectivity index (χ1v) is 7.65. The van der Waals surface area contributed by atoms with Gasteiger partial charge < -0.3 is 0 Å². The van der Waals surface area contributed by atoms with Gasteiger partial charge in [0.15, 0.2) is 0 Å². The summed E-state index contributed by atoms with van der Waals surface area (Å²) in [5.74, 6) is 5.77. The van der Waals surface area contributed by atoms with Gasteiger partial charge in [-0.1, -0.05) is 41.4 Å². The lowest BCUT2D eigenvalue weighted by Crippen LogP contribution is -2.30. The van der Waals surface area contributed by atoms with E-state index < -0.39 is 0 Å². The first-order valence-electron chi connectivity index (χ1n) is 6.90. The van der Waals surface area contributed by atoms with Crippen molar-refractivity contribution in [3.63, 3.8) is 0 Å². The number of hydrazine groups is 1. The predicted molar refractivity (Wildman–Crippen MR) is 90.9 cm³/mol. The first kappa shape index (κ1) is 16.3. The molecule has 2 aromatic carbocycles. The molecule has 21 heavy (non-hydrogen) atoms. The average molecular weight is 323 g/mol. The third-order valence-electron chi connectivity index (χ3n) is 3.90. The molecule has 112 valence electrons. The molecule has 1 atom stereocenters. The molecule has 0 spiro atoms. The second-order valence-corrected chi connectivity index (χ2v) is 6.30. The molecule has 0 saturated carbocycles. The van der Waals surface area contributed by atoms with Crippen LogP contribution in [0.1, 0.15) is 33.9 Å². The van der Waals surface area contributed by atoms with Crippen molar-refractivity contribution in [2.24, 2.45) is 5.84 Å². The second-order valence-electron chi connectivity index (χ2n) is 5.45. The van der Waals surface area contributed by atoms with E-state index in [1.165, 1.54) is 22.3 Å². The van der Waals surface area contributed by atoms with Crippen molar-refractivity contribution in [3.8, 4) is 0 Å². The average Bonchev–Trinajstić information content (AvgIpc) is 2.43. The zero-order valence-electron chi connectivity index (χ0n) is 12.5. The van der Waals surface area contributed by atoms with Crippen LogP contribution in [0.15, 0.2) is 30.3 Å². The molecule has 0 heterocycles. The van der Waals surface area contributed by atoms with Gasteiger partial charge in [0.25, 0.3) is 0 Å². The Morgan fingerprint density at radius 1 is 1.00 bits per heavy atom. The van der Waals surface area contributed by atoms with Crippen LogP contribution < -0.4 is 11.3 Å². The Labute approximate surface area is 136 Å². The highest BCUT2D eigenvalue weighted by Gasteiger charge is 2.16. The maximum atomic E-state index is 6.26. The van der Waals surface area contributed by atoms with Gasteiger partial charge in [-0.15, -0.1) is 0 Å². The van der Waals surface area contributed by atoms with Gasteiger partial charge in [-0.3, -0.25) is 11.3 Å². The van der Waals surface area contributed by atoms with Crippen LogP contribution in [0.5, 0.6) is 0 Å². The Morgan fingerprint density at radius 2 is 1.67 bits per heavy atom. The van der Waals surface area contributed by atoms with Crippen molar-refractivity contribution in [2.75, 3.05) is 0 Å². The van der Waals surface area contributed by atoms with E-state index in [4.69, 9.17) is 29.0 Å². The number of hydrogen-bond donors (Lipinski definition) is 2. The smallest absolute Gasteiger partial charge is 0.0503 e. The molecule has 0 aromatic heterocycles. The summed E-state index contributed by atoms with van der Waals surface area (Å²) in [7, 11) is 0. The summed E-state index contributed by atoms with van der Waals surface area (Å²) >= 11 is 12.2. The van der Waals surface area contributed by atoms with E-state index in [1.54, 1.807) is 6.07 Å². The minimum atomic E-state index is 0.0166. The molecule has 0 radical (unpaired) electrons. The standard InChI is InChI=1S/C17H20Cl2N2/c1-10-6-12(3)15(7-11(10)2)17(21-20)8-13-4-5-14(18)9-16(13)19/h4-7,9,17,21H,8,20H2,1-3H3. The Bertz CT molecular complexity index is 653. The summed E-state index contributed by atoms with van der Waals surface area (Å²) in [6.45, 7) is 6.34. The van der Waals surface area contributed by atoms with Crippen molar-refractivity contribution < 1.29 is 0 Å². The van der Waals surface area contributed by atoms with Crippen LogP contribution in [0.4, 0.5) is 0 Å². The monoisotopic (exact) mass is 322 g/mol. The normalized spacial score (nSPS) is 12.5. The summed E-state index contributed by atoms with van der Waals surface area (Å²) in [5, 5.41) is 1.31. The van der Waals surface area contributed by atoms with Crippen LogP contribution in [-0.4, -0.2) is 0 Å². The Hall–Kier alpha value is -1.06. The van der Waals surface area contributed by atoms with Crippen LogP contribution in [0.25, 0.3) is 0 Å². The third-order valence-corrected chi connectivity index (χ3v) is 4.49. The first-order chi connectivity index (χ1) is 9.92. The maximum Gasteiger partial charge on any atom is 0.0503 e. The Kier molecular flexibility index (Phi) is 5.28. The highest BCUT2D eigenvalue weighted by molar-refractivity contribution is 6.35. The largest absolute Gasteiger partial charge is 0.271 e. The number of aryl methyl sites for hydroxylation is 3. The van der Waals surface area contributed by atoms with Crippen LogP contribution in [0.3, 0.4) is 0 Å². The van der Waals surface area contributed by atoms with Crippen LogP contribution in [-0.2, 0) is 6.42 Å². The molecule has 0 saturated heterocycles. The van der Waals surface area contributed by atoms with Gasteiger partial charge >= 0.3 is 0 Å². The minimum absolute atomic E-state index is 0.0166. The van der Waals surface area contributed by atoms with Crippen LogP contribution in [0, 0.1) is 20.8 Å². The summed E-state index contributed by atoms with van der Waals surface area (Å²) in [6.07, 6.45) is 0.718. The van der Waals surface area contributed by atoms with Crippen LogP contribution >= 0.6 is 23.2 Å². The van der Waals surface area contributed by atoms with Crippen molar-refractivity contribution in [2.45, 2.75) is 33.2 Å². The summed E-state index contributed by atoms with van der Waals surface area (Å²) in [6, 6.07) is 9.97. The van der Waals surface area contributed by atoms with E-state index >= 15 is 0 Å².